The highest BCUT2D eigenvalue weighted by Crippen LogP contribution is 2.38. The van der Waals surface area contributed by atoms with Crippen molar-refractivity contribution in [2.75, 3.05) is 6.54 Å². The summed E-state index contributed by atoms with van der Waals surface area (Å²) in [6.45, 7) is 5.42. The zero-order valence-corrected chi connectivity index (χ0v) is 14.9. The monoisotopic (exact) mass is 343 g/mol. The van der Waals surface area contributed by atoms with Crippen LogP contribution in [0.5, 0.6) is 0 Å². The normalized spacial score (nSPS) is 20.4. The minimum Gasteiger partial charge on any atom is -0.361 e. The van der Waals surface area contributed by atoms with Gasteiger partial charge in [0.05, 0.1) is 24.0 Å². The van der Waals surface area contributed by atoms with Gasteiger partial charge in [-0.05, 0) is 46.0 Å². The molecule has 0 aromatic carbocycles. The molecule has 0 radical (unpaired) electrons. The lowest BCUT2D eigenvalue weighted by molar-refractivity contribution is -0.132. The van der Waals surface area contributed by atoms with Crippen molar-refractivity contribution >= 4 is 5.91 Å². The second kappa shape index (κ2) is 6.61. The Morgan fingerprint density at radius 1 is 1.32 bits per heavy atom. The molecule has 3 heterocycles. The molecule has 0 spiro atoms. The second-order valence-corrected chi connectivity index (χ2v) is 7.33. The smallest absolute Gasteiger partial charge is 0.223 e. The van der Waals surface area contributed by atoms with Crippen molar-refractivity contribution in [3.8, 4) is 0 Å². The highest BCUT2D eigenvalue weighted by Gasteiger charge is 2.30. The van der Waals surface area contributed by atoms with E-state index in [-0.39, 0.29) is 11.9 Å². The van der Waals surface area contributed by atoms with Crippen molar-refractivity contribution in [2.24, 2.45) is 0 Å². The van der Waals surface area contributed by atoms with E-state index in [4.69, 9.17) is 4.52 Å². The molecule has 2 aromatic rings. The van der Waals surface area contributed by atoms with Gasteiger partial charge in [-0.2, -0.15) is 0 Å². The number of aromatic nitrogens is 4. The Labute approximate surface area is 147 Å². The maximum Gasteiger partial charge on any atom is 0.223 e. The van der Waals surface area contributed by atoms with Crippen LogP contribution in [0.2, 0.25) is 0 Å². The molecule has 1 amide bonds. The summed E-state index contributed by atoms with van der Waals surface area (Å²) in [5.41, 5.74) is 3.06. The molecule has 2 fully saturated rings. The fourth-order valence-corrected chi connectivity index (χ4v) is 3.77. The predicted octanol–water partition coefficient (Wildman–Crippen LogP) is 2.38. The summed E-state index contributed by atoms with van der Waals surface area (Å²) in [6, 6.07) is 0.228. The van der Waals surface area contributed by atoms with Gasteiger partial charge >= 0.3 is 0 Å². The van der Waals surface area contributed by atoms with Gasteiger partial charge in [0.1, 0.15) is 5.76 Å². The van der Waals surface area contributed by atoms with E-state index in [1.807, 2.05) is 23.4 Å². The molecule has 2 aliphatic rings. The summed E-state index contributed by atoms with van der Waals surface area (Å²) in [7, 11) is 0. The number of rotatable bonds is 6. The van der Waals surface area contributed by atoms with Gasteiger partial charge in [0.15, 0.2) is 0 Å². The van der Waals surface area contributed by atoms with Gasteiger partial charge in [-0.1, -0.05) is 10.4 Å². The van der Waals surface area contributed by atoms with Gasteiger partial charge in [0.2, 0.25) is 5.91 Å². The lowest BCUT2D eigenvalue weighted by atomic mass is 10.1. The standard InChI is InChI=1S/C18H25N5O2/c1-12-16(13(2)25-20-12)7-8-18(24)23-9-3-4-15(23)10-22-11-17(19-21-22)14-5-6-14/h11,14-15H,3-10H2,1-2H3/t15-/m0/s1. The Morgan fingerprint density at radius 3 is 2.88 bits per heavy atom. The molecule has 2 aromatic heterocycles. The first-order chi connectivity index (χ1) is 12.1. The van der Waals surface area contributed by atoms with Gasteiger partial charge in [-0.3, -0.25) is 9.48 Å². The van der Waals surface area contributed by atoms with E-state index < -0.39 is 0 Å². The molecule has 1 aliphatic carbocycles. The third-order valence-corrected chi connectivity index (χ3v) is 5.42. The summed E-state index contributed by atoms with van der Waals surface area (Å²) < 4.78 is 7.10. The number of hydrogen-bond acceptors (Lipinski definition) is 5. The summed E-state index contributed by atoms with van der Waals surface area (Å²) in [4.78, 5) is 14.7. The minimum absolute atomic E-state index is 0.213. The third kappa shape index (κ3) is 3.45. The molecule has 4 rings (SSSR count). The molecule has 7 nitrogen and oxygen atoms in total. The van der Waals surface area contributed by atoms with E-state index in [2.05, 4.69) is 21.7 Å². The highest BCUT2D eigenvalue weighted by molar-refractivity contribution is 5.77. The Morgan fingerprint density at radius 2 is 2.16 bits per heavy atom. The van der Waals surface area contributed by atoms with Gasteiger partial charge in [-0.25, -0.2) is 0 Å². The van der Waals surface area contributed by atoms with E-state index in [1.165, 1.54) is 12.8 Å². The van der Waals surface area contributed by atoms with Crippen LogP contribution < -0.4 is 0 Å². The first-order valence-corrected chi connectivity index (χ1v) is 9.23. The summed E-state index contributed by atoms with van der Waals surface area (Å²) in [5, 5.41) is 12.5. The fourth-order valence-electron chi connectivity index (χ4n) is 3.77. The van der Waals surface area contributed by atoms with Gasteiger partial charge in [0, 0.05) is 30.6 Å². The van der Waals surface area contributed by atoms with E-state index in [0.29, 0.717) is 18.8 Å². The van der Waals surface area contributed by atoms with Crippen LogP contribution in [0.4, 0.5) is 0 Å². The molecule has 1 saturated carbocycles. The SMILES string of the molecule is Cc1noc(C)c1CCC(=O)N1CCC[C@H]1Cn1cc(C2CC2)nn1. The van der Waals surface area contributed by atoms with Crippen molar-refractivity contribution in [2.45, 2.75) is 70.9 Å². The Balaban J connectivity index is 1.35. The molecule has 0 unspecified atom stereocenters. The lowest BCUT2D eigenvalue weighted by Crippen LogP contribution is -2.38. The van der Waals surface area contributed by atoms with E-state index in [1.54, 1.807) is 0 Å². The van der Waals surface area contributed by atoms with Crippen molar-refractivity contribution in [3.63, 3.8) is 0 Å². The maximum atomic E-state index is 12.7. The van der Waals surface area contributed by atoms with Gasteiger partial charge in [0.25, 0.3) is 0 Å². The molecule has 7 heteroatoms. The van der Waals surface area contributed by atoms with Crippen molar-refractivity contribution in [1.82, 2.24) is 25.1 Å². The van der Waals surface area contributed by atoms with Crippen LogP contribution in [-0.4, -0.2) is 43.5 Å². The fraction of sp³-hybridized carbons (Fsp3) is 0.667. The topological polar surface area (TPSA) is 77.0 Å². The Bertz CT molecular complexity index is 742. The number of hydrogen-bond donors (Lipinski definition) is 0. The molecule has 1 atom stereocenters. The van der Waals surface area contributed by atoms with Gasteiger partial charge in [-0.15, -0.1) is 5.10 Å². The van der Waals surface area contributed by atoms with Crippen LogP contribution in [0.15, 0.2) is 10.7 Å². The Hall–Kier alpha value is -2.18. The molecular formula is C18H25N5O2. The zero-order valence-electron chi connectivity index (χ0n) is 14.9. The van der Waals surface area contributed by atoms with Gasteiger partial charge < -0.3 is 9.42 Å². The van der Waals surface area contributed by atoms with Crippen LogP contribution in [0.3, 0.4) is 0 Å². The highest BCUT2D eigenvalue weighted by atomic mass is 16.5. The predicted molar refractivity (Wildman–Crippen MR) is 91.0 cm³/mol. The van der Waals surface area contributed by atoms with E-state index in [9.17, 15) is 4.79 Å². The molecule has 0 bridgehead atoms. The number of aryl methyl sites for hydroxylation is 2. The quantitative estimate of drug-likeness (QED) is 0.805. The molecule has 1 aliphatic heterocycles. The number of amides is 1. The largest absolute Gasteiger partial charge is 0.361 e. The average Bonchev–Trinajstić information content (AvgIpc) is 3.01. The summed E-state index contributed by atoms with van der Waals surface area (Å²) in [6.07, 6.45) is 7.81. The molecule has 0 N–H and O–H groups in total. The molecule has 1 saturated heterocycles. The second-order valence-electron chi connectivity index (χ2n) is 7.33. The number of likely N-dealkylation sites (tertiary alicyclic amines) is 1. The van der Waals surface area contributed by atoms with Crippen molar-refractivity contribution in [3.05, 3.63) is 28.9 Å². The number of carbonyl (C=O) groups excluding carboxylic acids is 1. The van der Waals surface area contributed by atoms with Crippen LogP contribution in [0.1, 0.15) is 60.7 Å². The summed E-state index contributed by atoms with van der Waals surface area (Å²) >= 11 is 0. The summed E-state index contributed by atoms with van der Waals surface area (Å²) in [5.74, 6) is 1.65. The molecule has 134 valence electrons. The number of nitrogens with zero attached hydrogens (tertiary/aromatic N) is 5. The first kappa shape index (κ1) is 16.3. The first-order valence-electron chi connectivity index (χ1n) is 9.23. The van der Waals surface area contributed by atoms with Crippen LogP contribution in [0.25, 0.3) is 0 Å². The zero-order chi connectivity index (χ0) is 17.4. The molecule has 25 heavy (non-hydrogen) atoms. The van der Waals surface area contributed by atoms with Crippen LogP contribution in [-0.2, 0) is 17.8 Å². The third-order valence-electron chi connectivity index (χ3n) is 5.42. The minimum atomic E-state index is 0.213. The molecular weight excluding hydrogens is 318 g/mol. The van der Waals surface area contributed by atoms with E-state index >= 15 is 0 Å². The number of carbonyl (C=O) groups is 1. The van der Waals surface area contributed by atoms with Crippen LogP contribution >= 0.6 is 0 Å². The van der Waals surface area contributed by atoms with E-state index in [0.717, 1.165) is 48.6 Å². The van der Waals surface area contributed by atoms with Crippen molar-refractivity contribution < 1.29 is 9.32 Å². The maximum absolute atomic E-state index is 12.7. The van der Waals surface area contributed by atoms with Crippen molar-refractivity contribution in [1.29, 1.82) is 0 Å². The Kier molecular flexibility index (Phi) is 4.31. The average molecular weight is 343 g/mol. The van der Waals surface area contributed by atoms with Crippen LogP contribution in [0, 0.1) is 13.8 Å². The lowest BCUT2D eigenvalue weighted by Gasteiger charge is -2.24.